The van der Waals surface area contributed by atoms with Crippen LogP contribution in [0.15, 0.2) is 47.4 Å². The minimum atomic E-state index is -4.63. The van der Waals surface area contributed by atoms with Crippen LogP contribution in [0.2, 0.25) is 0 Å². The van der Waals surface area contributed by atoms with Gasteiger partial charge in [0.05, 0.1) is 16.1 Å². The van der Waals surface area contributed by atoms with Crippen molar-refractivity contribution in [1.29, 1.82) is 0 Å². The molecular formula is C20H22F3N3O3S. The fraction of sp³-hybridized carbons (Fsp3) is 0.350. The van der Waals surface area contributed by atoms with Crippen LogP contribution in [0.1, 0.15) is 21.5 Å². The highest BCUT2D eigenvalue weighted by Gasteiger charge is 2.34. The van der Waals surface area contributed by atoms with Crippen molar-refractivity contribution in [3.05, 3.63) is 59.2 Å². The number of para-hydroxylation sites is 1. The largest absolute Gasteiger partial charge is 0.418 e. The zero-order chi connectivity index (χ0) is 22.1. The second kappa shape index (κ2) is 8.37. The van der Waals surface area contributed by atoms with Gasteiger partial charge < -0.3 is 10.2 Å². The maximum absolute atomic E-state index is 13.2. The van der Waals surface area contributed by atoms with Crippen LogP contribution in [0.25, 0.3) is 0 Å². The highest BCUT2D eigenvalue weighted by molar-refractivity contribution is 7.89. The Labute approximate surface area is 173 Å². The number of amides is 1. The molecule has 0 aromatic heterocycles. The van der Waals surface area contributed by atoms with Crippen LogP contribution < -0.4 is 5.32 Å². The lowest BCUT2D eigenvalue weighted by molar-refractivity contribution is -0.136. The molecule has 0 atom stereocenters. The van der Waals surface area contributed by atoms with Gasteiger partial charge in [0, 0.05) is 31.7 Å². The van der Waals surface area contributed by atoms with Crippen molar-refractivity contribution in [2.24, 2.45) is 0 Å². The van der Waals surface area contributed by atoms with Crippen molar-refractivity contribution in [3.8, 4) is 0 Å². The Morgan fingerprint density at radius 1 is 1.03 bits per heavy atom. The maximum Gasteiger partial charge on any atom is 0.418 e. The van der Waals surface area contributed by atoms with Crippen LogP contribution >= 0.6 is 0 Å². The first kappa shape index (κ1) is 22.3. The summed E-state index contributed by atoms with van der Waals surface area (Å²) in [4.78, 5) is 14.6. The topological polar surface area (TPSA) is 69.7 Å². The molecule has 1 fully saturated rings. The molecule has 1 aliphatic rings. The van der Waals surface area contributed by atoms with Crippen LogP contribution in [0.3, 0.4) is 0 Å². The number of piperazine rings is 1. The predicted octanol–water partition coefficient (Wildman–Crippen LogP) is 3.20. The fourth-order valence-corrected chi connectivity index (χ4v) is 4.89. The number of hydrogen-bond acceptors (Lipinski definition) is 4. The van der Waals surface area contributed by atoms with Crippen molar-refractivity contribution in [1.82, 2.24) is 9.21 Å². The monoisotopic (exact) mass is 441 g/mol. The number of sulfonamides is 1. The van der Waals surface area contributed by atoms with E-state index in [-0.39, 0.29) is 16.1 Å². The molecular weight excluding hydrogens is 419 g/mol. The third kappa shape index (κ3) is 4.66. The Morgan fingerprint density at radius 2 is 1.67 bits per heavy atom. The number of carbonyl (C=O) groups excluding carboxylic acids is 1. The van der Waals surface area contributed by atoms with Gasteiger partial charge in [-0.15, -0.1) is 0 Å². The number of hydrogen-bond donors (Lipinski definition) is 1. The molecule has 0 bridgehead atoms. The molecule has 1 amide bonds. The molecule has 162 valence electrons. The first-order valence-corrected chi connectivity index (χ1v) is 10.7. The molecule has 0 radical (unpaired) electrons. The van der Waals surface area contributed by atoms with Crippen molar-refractivity contribution in [3.63, 3.8) is 0 Å². The Kier molecular flexibility index (Phi) is 6.21. The molecule has 2 aromatic rings. The molecule has 0 aliphatic carbocycles. The van der Waals surface area contributed by atoms with E-state index < -0.39 is 27.7 Å². The van der Waals surface area contributed by atoms with Gasteiger partial charge in [-0.1, -0.05) is 18.2 Å². The molecule has 1 aliphatic heterocycles. The fourth-order valence-electron chi connectivity index (χ4n) is 3.22. The van der Waals surface area contributed by atoms with Crippen LogP contribution in [0.4, 0.5) is 18.9 Å². The Bertz CT molecular complexity index is 1050. The van der Waals surface area contributed by atoms with Crippen molar-refractivity contribution in [2.45, 2.75) is 18.0 Å². The Morgan fingerprint density at radius 3 is 2.30 bits per heavy atom. The van der Waals surface area contributed by atoms with Crippen LogP contribution in [0.5, 0.6) is 0 Å². The minimum absolute atomic E-state index is 0.0243. The lowest BCUT2D eigenvalue weighted by Gasteiger charge is -2.32. The standard InChI is InChI=1S/C20H22F3N3O3S/c1-14-7-8-15(13-18(14)30(28,29)26-11-9-25(2)10-12-26)19(27)24-17-6-4-3-5-16(17)20(21,22)23/h3-8,13H,9-12H2,1-2H3,(H,24,27). The number of nitrogens with zero attached hydrogens (tertiary/aromatic N) is 2. The van der Waals surface area contributed by atoms with Crippen LogP contribution in [-0.2, 0) is 16.2 Å². The maximum atomic E-state index is 13.2. The smallest absolute Gasteiger partial charge is 0.321 e. The molecule has 1 N–H and O–H groups in total. The number of alkyl halides is 3. The lowest BCUT2D eigenvalue weighted by atomic mass is 10.1. The second-order valence-electron chi connectivity index (χ2n) is 7.19. The van der Waals surface area contributed by atoms with Gasteiger partial charge >= 0.3 is 6.18 Å². The normalized spacial score (nSPS) is 16.4. The summed E-state index contributed by atoms with van der Waals surface area (Å²) in [5.41, 5.74) is -0.943. The van der Waals surface area contributed by atoms with Crippen molar-refractivity contribution >= 4 is 21.6 Å². The average molecular weight is 441 g/mol. The Hall–Kier alpha value is -2.43. The van der Waals surface area contributed by atoms with Gasteiger partial charge in [-0.3, -0.25) is 4.79 Å². The summed E-state index contributed by atoms with van der Waals surface area (Å²) in [5, 5.41) is 2.24. The number of anilines is 1. The third-order valence-electron chi connectivity index (χ3n) is 5.01. The number of carbonyl (C=O) groups is 1. The molecule has 6 nitrogen and oxygen atoms in total. The van der Waals surface area contributed by atoms with E-state index in [4.69, 9.17) is 0 Å². The lowest BCUT2D eigenvalue weighted by Crippen LogP contribution is -2.47. The average Bonchev–Trinajstić information content (AvgIpc) is 2.68. The number of nitrogens with one attached hydrogen (secondary N) is 1. The molecule has 30 heavy (non-hydrogen) atoms. The summed E-state index contributed by atoms with van der Waals surface area (Å²) in [7, 11) is -1.93. The van der Waals surface area contributed by atoms with Crippen molar-refractivity contribution < 1.29 is 26.4 Å². The SMILES string of the molecule is Cc1ccc(C(=O)Nc2ccccc2C(F)(F)F)cc1S(=O)(=O)N1CCN(C)CC1. The van der Waals surface area contributed by atoms with E-state index >= 15 is 0 Å². The summed E-state index contributed by atoms with van der Waals surface area (Å²) < 4.78 is 67.0. The molecule has 0 saturated carbocycles. The number of halogens is 3. The van der Waals surface area contributed by atoms with Crippen LogP contribution in [0, 0.1) is 6.92 Å². The third-order valence-corrected chi connectivity index (χ3v) is 7.05. The summed E-state index contributed by atoms with van der Waals surface area (Å²) in [6.45, 7) is 3.45. The van der Waals surface area contributed by atoms with E-state index in [0.717, 1.165) is 12.1 Å². The summed E-state index contributed by atoms with van der Waals surface area (Å²) in [6, 6.07) is 8.71. The van der Waals surface area contributed by atoms with Gasteiger partial charge in [0.2, 0.25) is 10.0 Å². The predicted molar refractivity (Wildman–Crippen MR) is 107 cm³/mol. The minimum Gasteiger partial charge on any atom is -0.321 e. The first-order valence-electron chi connectivity index (χ1n) is 9.27. The van der Waals surface area contributed by atoms with E-state index in [1.54, 1.807) is 6.92 Å². The molecule has 1 saturated heterocycles. The summed E-state index contributed by atoms with van der Waals surface area (Å²) in [6.07, 6.45) is -4.63. The van der Waals surface area contributed by atoms with E-state index in [9.17, 15) is 26.4 Å². The molecule has 0 spiro atoms. The molecule has 2 aromatic carbocycles. The van der Waals surface area contributed by atoms with Gasteiger partial charge in [0.25, 0.3) is 5.91 Å². The summed E-state index contributed by atoms with van der Waals surface area (Å²) in [5.74, 6) is -0.818. The Balaban J connectivity index is 1.90. The second-order valence-corrected chi connectivity index (χ2v) is 9.09. The van der Waals surface area contributed by atoms with E-state index in [1.165, 1.54) is 34.6 Å². The van der Waals surface area contributed by atoms with Gasteiger partial charge in [-0.25, -0.2) is 8.42 Å². The quantitative estimate of drug-likeness (QED) is 0.791. The number of aryl methyl sites for hydroxylation is 1. The van der Waals surface area contributed by atoms with E-state index in [2.05, 4.69) is 5.32 Å². The molecule has 0 unspecified atom stereocenters. The van der Waals surface area contributed by atoms with Gasteiger partial charge in [-0.2, -0.15) is 17.5 Å². The summed E-state index contributed by atoms with van der Waals surface area (Å²) >= 11 is 0. The van der Waals surface area contributed by atoms with Gasteiger partial charge in [0.1, 0.15) is 0 Å². The molecule has 3 rings (SSSR count). The first-order chi connectivity index (χ1) is 14.0. The zero-order valence-corrected chi connectivity index (χ0v) is 17.3. The zero-order valence-electron chi connectivity index (χ0n) is 16.5. The number of benzene rings is 2. The highest BCUT2D eigenvalue weighted by Crippen LogP contribution is 2.34. The molecule has 10 heteroatoms. The molecule has 1 heterocycles. The van der Waals surface area contributed by atoms with E-state index in [1.807, 2.05) is 11.9 Å². The number of likely N-dealkylation sites (N-methyl/N-ethyl adjacent to an activating group) is 1. The highest BCUT2D eigenvalue weighted by atomic mass is 32.2. The van der Waals surface area contributed by atoms with Crippen LogP contribution in [-0.4, -0.2) is 56.8 Å². The van der Waals surface area contributed by atoms with Gasteiger partial charge in [-0.05, 0) is 43.8 Å². The number of rotatable bonds is 4. The van der Waals surface area contributed by atoms with Crippen molar-refractivity contribution in [2.75, 3.05) is 38.5 Å². The van der Waals surface area contributed by atoms with Gasteiger partial charge in [0.15, 0.2) is 0 Å². The van der Waals surface area contributed by atoms with E-state index in [0.29, 0.717) is 31.7 Å².